The molecule has 2 nitrogen and oxygen atoms in total. The van der Waals surface area contributed by atoms with Crippen LogP contribution in [0.2, 0.25) is 0 Å². The summed E-state index contributed by atoms with van der Waals surface area (Å²) in [5, 5.41) is 8.66. The molecule has 0 atom stereocenters. The highest BCUT2D eigenvalue weighted by atomic mass is 19.2. The number of halogens is 2. The predicted molar refractivity (Wildman–Crippen MR) is 58.9 cm³/mol. The largest absolute Gasteiger partial charge is 0.260 e. The molecule has 0 unspecified atom stereocenters. The van der Waals surface area contributed by atoms with Crippen molar-refractivity contribution in [3.8, 4) is 17.2 Å². The first-order valence-corrected chi connectivity index (χ1v) is 4.99. The molecule has 0 aliphatic rings. The molecule has 1 heterocycles. The minimum atomic E-state index is -0.917. The standard InChI is InChI=1S/C13H8F2N2/c14-11-5-1-3-10(13(11)15)9-4-2-8-17-12(9)6-7-16/h1-5,8H,6H2. The second-order valence-corrected chi connectivity index (χ2v) is 3.43. The van der Waals surface area contributed by atoms with Crippen molar-refractivity contribution >= 4 is 0 Å². The Morgan fingerprint density at radius 1 is 1.12 bits per heavy atom. The van der Waals surface area contributed by atoms with Gasteiger partial charge < -0.3 is 0 Å². The van der Waals surface area contributed by atoms with Gasteiger partial charge in [-0.3, -0.25) is 4.98 Å². The van der Waals surface area contributed by atoms with E-state index in [1.54, 1.807) is 12.1 Å². The normalized spacial score (nSPS) is 9.94. The Kier molecular flexibility index (Phi) is 3.10. The molecule has 0 saturated heterocycles. The smallest absolute Gasteiger partial charge is 0.166 e. The Morgan fingerprint density at radius 3 is 2.65 bits per heavy atom. The highest BCUT2D eigenvalue weighted by Crippen LogP contribution is 2.26. The van der Waals surface area contributed by atoms with Crippen LogP contribution in [0.4, 0.5) is 8.78 Å². The van der Waals surface area contributed by atoms with Crippen molar-refractivity contribution in [2.45, 2.75) is 6.42 Å². The lowest BCUT2D eigenvalue weighted by molar-refractivity contribution is 0.511. The fraction of sp³-hybridized carbons (Fsp3) is 0.0769. The van der Waals surface area contributed by atoms with Crippen molar-refractivity contribution in [1.82, 2.24) is 4.98 Å². The van der Waals surface area contributed by atoms with Gasteiger partial charge in [-0.2, -0.15) is 5.26 Å². The summed E-state index contributed by atoms with van der Waals surface area (Å²) in [6, 6.07) is 9.15. The molecule has 0 amide bonds. The number of aromatic nitrogens is 1. The van der Waals surface area contributed by atoms with Crippen LogP contribution in [0.3, 0.4) is 0 Å². The first-order chi connectivity index (χ1) is 8.24. The molecule has 84 valence electrons. The van der Waals surface area contributed by atoms with Crippen LogP contribution >= 0.6 is 0 Å². The molecule has 2 aromatic rings. The second-order valence-electron chi connectivity index (χ2n) is 3.43. The van der Waals surface area contributed by atoms with Crippen molar-refractivity contribution in [2.24, 2.45) is 0 Å². The Labute approximate surface area is 97.2 Å². The molecule has 0 radical (unpaired) electrons. The molecule has 0 N–H and O–H groups in total. The van der Waals surface area contributed by atoms with Crippen LogP contribution in [-0.4, -0.2) is 4.98 Å². The molecule has 0 saturated carbocycles. The summed E-state index contributed by atoms with van der Waals surface area (Å²) < 4.78 is 26.7. The van der Waals surface area contributed by atoms with Gasteiger partial charge in [0.1, 0.15) is 0 Å². The van der Waals surface area contributed by atoms with Gasteiger partial charge in [0, 0.05) is 17.3 Å². The minimum Gasteiger partial charge on any atom is -0.260 e. The van der Waals surface area contributed by atoms with E-state index >= 15 is 0 Å². The molecule has 1 aromatic carbocycles. The van der Waals surface area contributed by atoms with Crippen LogP contribution < -0.4 is 0 Å². The third-order valence-electron chi connectivity index (χ3n) is 2.38. The molecule has 1 aromatic heterocycles. The Bertz CT molecular complexity index is 588. The Morgan fingerprint density at radius 2 is 1.88 bits per heavy atom. The van der Waals surface area contributed by atoms with E-state index in [0.717, 1.165) is 6.07 Å². The van der Waals surface area contributed by atoms with E-state index in [1.807, 2.05) is 6.07 Å². The molecular formula is C13H8F2N2. The number of rotatable bonds is 2. The van der Waals surface area contributed by atoms with Gasteiger partial charge in [0.05, 0.1) is 18.2 Å². The molecule has 4 heteroatoms. The van der Waals surface area contributed by atoms with Gasteiger partial charge in [-0.05, 0) is 12.1 Å². The van der Waals surface area contributed by atoms with E-state index in [1.165, 1.54) is 18.3 Å². The van der Waals surface area contributed by atoms with Crippen LogP contribution in [0.1, 0.15) is 5.69 Å². The zero-order chi connectivity index (χ0) is 12.3. The van der Waals surface area contributed by atoms with Crippen LogP contribution in [0, 0.1) is 23.0 Å². The fourth-order valence-corrected chi connectivity index (χ4v) is 1.61. The summed E-state index contributed by atoms with van der Waals surface area (Å²) in [7, 11) is 0. The second kappa shape index (κ2) is 4.71. The number of nitrogens with zero attached hydrogens (tertiary/aromatic N) is 2. The lowest BCUT2D eigenvalue weighted by Gasteiger charge is -2.07. The maximum atomic E-state index is 13.6. The number of hydrogen-bond acceptors (Lipinski definition) is 2. The first kappa shape index (κ1) is 11.2. The van der Waals surface area contributed by atoms with Crippen LogP contribution in [0.15, 0.2) is 36.5 Å². The average molecular weight is 230 g/mol. The van der Waals surface area contributed by atoms with Gasteiger partial charge in [-0.1, -0.05) is 18.2 Å². The van der Waals surface area contributed by atoms with E-state index in [2.05, 4.69) is 4.98 Å². The van der Waals surface area contributed by atoms with E-state index in [-0.39, 0.29) is 12.0 Å². The summed E-state index contributed by atoms with van der Waals surface area (Å²) in [5.74, 6) is -1.83. The Balaban J connectivity index is 2.61. The molecule has 17 heavy (non-hydrogen) atoms. The molecule has 0 aliphatic heterocycles. The fourth-order valence-electron chi connectivity index (χ4n) is 1.61. The lowest BCUT2D eigenvalue weighted by atomic mass is 10.0. The van der Waals surface area contributed by atoms with Gasteiger partial charge >= 0.3 is 0 Å². The maximum absolute atomic E-state index is 13.6. The number of nitriles is 1. The van der Waals surface area contributed by atoms with E-state index in [4.69, 9.17) is 5.26 Å². The molecule has 0 bridgehead atoms. The third kappa shape index (κ3) is 2.13. The highest BCUT2D eigenvalue weighted by Gasteiger charge is 2.13. The lowest BCUT2D eigenvalue weighted by Crippen LogP contribution is -1.96. The zero-order valence-electron chi connectivity index (χ0n) is 8.82. The van der Waals surface area contributed by atoms with Gasteiger partial charge in [0.15, 0.2) is 11.6 Å². The molecular weight excluding hydrogens is 222 g/mol. The SMILES string of the molecule is N#CCc1ncccc1-c1cccc(F)c1F. The van der Waals surface area contributed by atoms with Crippen molar-refractivity contribution in [1.29, 1.82) is 5.26 Å². The zero-order valence-corrected chi connectivity index (χ0v) is 8.82. The Hall–Kier alpha value is -2.28. The summed E-state index contributed by atoms with van der Waals surface area (Å²) in [6.45, 7) is 0. The molecule has 0 spiro atoms. The van der Waals surface area contributed by atoms with Crippen molar-refractivity contribution in [2.75, 3.05) is 0 Å². The third-order valence-corrected chi connectivity index (χ3v) is 2.38. The van der Waals surface area contributed by atoms with Gasteiger partial charge in [-0.25, -0.2) is 8.78 Å². The van der Waals surface area contributed by atoms with Gasteiger partial charge in [0.2, 0.25) is 0 Å². The number of pyridine rings is 1. The highest BCUT2D eigenvalue weighted by molar-refractivity contribution is 5.66. The average Bonchev–Trinajstić information content (AvgIpc) is 2.34. The van der Waals surface area contributed by atoms with Crippen molar-refractivity contribution < 1.29 is 8.78 Å². The predicted octanol–water partition coefficient (Wildman–Crippen LogP) is 3.09. The van der Waals surface area contributed by atoms with Gasteiger partial charge in [0.25, 0.3) is 0 Å². The quantitative estimate of drug-likeness (QED) is 0.794. The van der Waals surface area contributed by atoms with Crippen LogP contribution in [0.5, 0.6) is 0 Å². The number of hydrogen-bond donors (Lipinski definition) is 0. The summed E-state index contributed by atoms with van der Waals surface area (Å²) in [6.07, 6.45) is 1.58. The first-order valence-electron chi connectivity index (χ1n) is 4.99. The van der Waals surface area contributed by atoms with Crippen molar-refractivity contribution in [3.63, 3.8) is 0 Å². The van der Waals surface area contributed by atoms with E-state index < -0.39 is 11.6 Å². The topological polar surface area (TPSA) is 36.7 Å². The monoisotopic (exact) mass is 230 g/mol. The molecule has 0 fully saturated rings. The van der Waals surface area contributed by atoms with Crippen LogP contribution in [0.25, 0.3) is 11.1 Å². The maximum Gasteiger partial charge on any atom is 0.166 e. The number of benzene rings is 1. The summed E-state index contributed by atoms with van der Waals surface area (Å²) in [5.41, 5.74) is 1.02. The summed E-state index contributed by atoms with van der Waals surface area (Å²) >= 11 is 0. The van der Waals surface area contributed by atoms with Crippen molar-refractivity contribution in [3.05, 3.63) is 53.9 Å². The molecule has 0 aliphatic carbocycles. The van der Waals surface area contributed by atoms with Gasteiger partial charge in [-0.15, -0.1) is 0 Å². The van der Waals surface area contributed by atoms with E-state index in [9.17, 15) is 8.78 Å². The van der Waals surface area contributed by atoms with E-state index in [0.29, 0.717) is 11.3 Å². The molecule has 2 rings (SSSR count). The summed E-state index contributed by atoms with van der Waals surface area (Å²) in [4.78, 5) is 4.00. The van der Waals surface area contributed by atoms with Crippen LogP contribution in [-0.2, 0) is 6.42 Å². The minimum absolute atomic E-state index is 0.0616.